The molecule has 0 fully saturated rings. The van der Waals surface area contributed by atoms with Crippen LogP contribution in [0.15, 0.2) is 45.9 Å². The Balaban J connectivity index is 2.36. The molecule has 2 aromatic rings. The van der Waals surface area contributed by atoms with Gasteiger partial charge in [-0.15, -0.1) is 0 Å². The summed E-state index contributed by atoms with van der Waals surface area (Å²) in [5.74, 6) is -0.0129. The highest BCUT2D eigenvalue weighted by Gasteiger charge is 2.16. The lowest BCUT2D eigenvalue weighted by Crippen LogP contribution is -2.13. The highest BCUT2D eigenvalue weighted by atomic mass is 79.9. The number of phenols is 1. The van der Waals surface area contributed by atoms with Crippen LogP contribution in [0.25, 0.3) is 0 Å². The summed E-state index contributed by atoms with van der Waals surface area (Å²) in [5.41, 5.74) is 0.170. The molecule has 0 saturated carbocycles. The van der Waals surface area contributed by atoms with Crippen molar-refractivity contribution in [3.8, 4) is 5.75 Å². The van der Waals surface area contributed by atoms with E-state index in [-0.39, 0.29) is 21.5 Å². The quantitative estimate of drug-likeness (QED) is 0.822. The number of phenolic OH excluding ortho intramolecular Hbond substituents is 1. The molecule has 0 aliphatic rings. The Morgan fingerprint density at radius 2 is 1.89 bits per heavy atom. The number of sulfonamides is 1. The number of nitrogens with zero attached hydrogens (tertiary/aromatic N) is 1. The third-order valence-electron chi connectivity index (χ3n) is 2.20. The number of aromatic nitrogens is 1. The van der Waals surface area contributed by atoms with Gasteiger partial charge >= 0.3 is 0 Å². The largest absolute Gasteiger partial charge is 0.508 e. The normalized spacial score (nSPS) is 11.3. The lowest BCUT2D eigenvalue weighted by Gasteiger charge is -2.09. The number of benzene rings is 1. The Labute approximate surface area is 123 Å². The van der Waals surface area contributed by atoms with Crippen LogP contribution in [0.3, 0.4) is 0 Å². The Hall–Kier alpha value is -1.31. The van der Waals surface area contributed by atoms with E-state index in [9.17, 15) is 8.42 Å². The van der Waals surface area contributed by atoms with Crippen molar-refractivity contribution in [2.75, 3.05) is 4.72 Å². The molecule has 0 spiro atoms. The summed E-state index contributed by atoms with van der Waals surface area (Å²) < 4.78 is 27.1. The van der Waals surface area contributed by atoms with Gasteiger partial charge in [-0.25, -0.2) is 13.4 Å². The zero-order valence-electron chi connectivity index (χ0n) is 9.34. The molecule has 0 amide bonds. The molecule has 1 heterocycles. The molecule has 1 aromatic heterocycles. The van der Waals surface area contributed by atoms with E-state index in [1.807, 2.05) is 0 Å². The van der Waals surface area contributed by atoms with E-state index in [4.69, 9.17) is 16.7 Å². The molecular weight excluding hydrogens is 356 g/mol. The van der Waals surface area contributed by atoms with E-state index in [1.54, 1.807) is 0 Å². The Bertz CT molecular complexity index is 704. The highest BCUT2D eigenvalue weighted by molar-refractivity contribution is 9.10. The van der Waals surface area contributed by atoms with Crippen molar-refractivity contribution in [2.45, 2.75) is 4.90 Å². The van der Waals surface area contributed by atoms with Gasteiger partial charge in [0, 0.05) is 10.7 Å². The summed E-state index contributed by atoms with van der Waals surface area (Å²) in [4.78, 5) is 3.84. The van der Waals surface area contributed by atoms with Crippen LogP contribution in [0, 0.1) is 0 Å². The third-order valence-corrected chi connectivity index (χ3v) is 4.31. The molecule has 1 aromatic carbocycles. The number of rotatable bonds is 3. The van der Waals surface area contributed by atoms with Gasteiger partial charge in [0.05, 0.1) is 10.6 Å². The average molecular weight is 364 g/mol. The minimum Gasteiger partial charge on any atom is -0.508 e. The average Bonchev–Trinajstić information content (AvgIpc) is 2.34. The van der Waals surface area contributed by atoms with Gasteiger partial charge in [-0.1, -0.05) is 11.6 Å². The van der Waals surface area contributed by atoms with E-state index >= 15 is 0 Å². The second-order valence-corrected chi connectivity index (χ2v) is 6.55. The molecule has 0 bridgehead atoms. The first-order valence-electron chi connectivity index (χ1n) is 5.01. The van der Waals surface area contributed by atoms with E-state index in [0.717, 1.165) is 0 Å². The Morgan fingerprint density at radius 3 is 2.53 bits per heavy atom. The van der Waals surface area contributed by atoms with Crippen molar-refractivity contribution < 1.29 is 13.5 Å². The number of halogens is 2. The second-order valence-electron chi connectivity index (χ2n) is 3.59. The minimum absolute atomic E-state index is 0.0129. The smallest absolute Gasteiger partial charge is 0.261 e. The number of nitrogens with one attached hydrogen (secondary N) is 1. The molecule has 5 nitrogen and oxygen atoms in total. The first kappa shape index (κ1) is 14.1. The fourth-order valence-corrected chi connectivity index (χ4v) is 2.92. The molecule has 0 unspecified atom stereocenters. The van der Waals surface area contributed by atoms with Crippen LogP contribution >= 0.6 is 27.5 Å². The molecule has 0 aliphatic heterocycles. The molecule has 2 rings (SSSR count). The predicted molar refractivity (Wildman–Crippen MR) is 75.9 cm³/mol. The van der Waals surface area contributed by atoms with Crippen molar-refractivity contribution in [1.82, 2.24) is 4.98 Å². The highest BCUT2D eigenvalue weighted by Crippen LogP contribution is 2.26. The van der Waals surface area contributed by atoms with Gasteiger partial charge in [-0.3, -0.25) is 4.72 Å². The first-order chi connectivity index (χ1) is 8.88. The lowest BCUT2D eigenvalue weighted by atomic mass is 10.3. The summed E-state index contributed by atoms with van der Waals surface area (Å²) in [7, 11) is -3.78. The molecule has 100 valence electrons. The van der Waals surface area contributed by atoms with Crippen LogP contribution in [0.5, 0.6) is 5.75 Å². The summed E-state index contributed by atoms with van der Waals surface area (Å²) in [6.07, 6.45) is 1.46. The van der Waals surface area contributed by atoms with Crippen molar-refractivity contribution in [2.24, 2.45) is 0 Å². The van der Waals surface area contributed by atoms with Gasteiger partial charge in [0.1, 0.15) is 5.75 Å². The molecule has 0 aliphatic carbocycles. The van der Waals surface area contributed by atoms with Gasteiger partial charge in [0.15, 0.2) is 5.15 Å². The van der Waals surface area contributed by atoms with Gasteiger partial charge in [0.2, 0.25) is 0 Å². The van der Waals surface area contributed by atoms with Crippen molar-refractivity contribution in [1.29, 1.82) is 0 Å². The zero-order valence-corrected chi connectivity index (χ0v) is 12.5. The van der Waals surface area contributed by atoms with Gasteiger partial charge in [-0.2, -0.15) is 0 Å². The maximum Gasteiger partial charge on any atom is 0.261 e. The van der Waals surface area contributed by atoms with Crippen LogP contribution in [-0.4, -0.2) is 18.5 Å². The second kappa shape index (κ2) is 5.36. The Kier molecular flexibility index (Phi) is 3.98. The first-order valence-corrected chi connectivity index (χ1v) is 7.67. The summed E-state index contributed by atoms with van der Waals surface area (Å²) in [5, 5.41) is 9.19. The van der Waals surface area contributed by atoms with Crippen LogP contribution in [0.4, 0.5) is 5.69 Å². The van der Waals surface area contributed by atoms with Crippen molar-refractivity contribution in [3.05, 3.63) is 46.2 Å². The Morgan fingerprint density at radius 1 is 1.26 bits per heavy atom. The summed E-state index contributed by atoms with van der Waals surface area (Å²) in [6, 6.07) is 6.66. The van der Waals surface area contributed by atoms with E-state index in [2.05, 4.69) is 25.6 Å². The maximum atomic E-state index is 12.1. The summed E-state index contributed by atoms with van der Waals surface area (Å²) >= 11 is 9.00. The zero-order chi connectivity index (χ0) is 14.0. The number of hydrogen-bond acceptors (Lipinski definition) is 4. The topological polar surface area (TPSA) is 79.3 Å². The number of hydrogen-bond donors (Lipinski definition) is 2. The van der Waals surface area contributed by atoms with Crippen LogP contribution in [0.1, 0.15) is 0 Å². The number of aromatic hydroxyl groups is 1. The molecule has 0 saturated heterocycles. The van der Waals surface area contributed by atoms with Crippen molar-refractivity contribution >= 4 is 43.2 Å². The molecule has 8 heteroatoms. The van der Waals surface area contributed by atoms with E-state index < -0.39 is 10.0 Å². The molecular formula is C11H8BrClN2O3S. The molecule has 0 atom stereocenters. The number of anilines is 1. The summed E-state index contributed by atoms with van der Waals surface area (Å²) in [6.45, 7) is 0. The van der Waals surface area contributed by atoms with Crippen LogP contribution in [0.2, 0.25) is 5.15 Å². The van der Waals surface area contributed by atoms with Crippen LogP contribution < -0.4 is 4.72 Å². The number of pyridine rings is 1. The van der Waals surface area contributed by atoms with E-state index in [1.165, 1.54) is 36.5 Å². The fourth-order valence-electron chi connectivity index (χ4n) is 1.32. The predicted octanol–water partition coefficient (Wildman–Crippen LogP) is 3.00. The van der Waals surface area contributed by atoms with Gasteiger partial charge < -0.3 is 5.11 Å². The minimum atomic E-state index is -3.78. The van der Waals surface area contributed by atoms with Gasteiger partial charge in [0.25, 0.3) is 10.0 Å². The monoisotopic (exact) mass is 362 g/mol. The standard InChI is InChI=1S/C11H8BrClN2O3S/c12-7-5-10(11(13)14-6-7)15-19(17,18)9-3-1-8(16)2-4-9/h1-6,15-16H. The van der Waals surface area contributed by atoms with E-state index in [0.29, 0.717) is 4.47 Å². The SMILES string of the molecule is O=S(=O)(Nc1cc(Br)cnc1Cl)c1ccc(O)cc1. The maximum absolute atomic E-state index is 12.1. The van der Waals surface area contributed by atoms with Gasteiger partial charge in [-0.05, 0) is 46.3 Å². The third kappa shape index (κ3) is 3.37. The molecule has 0 radical (unpaired) electrons. The van der Waals surface area contributed by atoms with Crippen LogP contribution in [-0.2, 0) is 10.0 Å². The fraction of sp³-hybridized carbons (Fsp3) is 0. The molecule has 2 N–H and O–H groups in total. The van der Waals surface area contributed by atoms with Crippen molar-refractivity contribution in [3.63, 3.8) is 0 Å². The lowest BCUT2D eigenvalue weighted by molar-refractivity contribution is 0.475. The molecule has 19 heavy (non-hydrogen) atoms.